The molecule has 1 heterocycles. The topological polar surface area (TPSA) is 23.5 Å². The van der Waals surface area contributed by atoms with Crippen molar-refractivity contribution in [1.82, 2.24) is 4.90 Å². The van der Waals surface area contributed by atoms with Crippen LogP contribution in [0.5, 0.6) is 0 Å². The van der Waals surface area contributed by atoms with E-state index in [0.29, 0.717) is 0 Å². The zero-order chi connectivity index (χ0) is 9.03. The highest BCUT2D eigenvalue weighted by Crippen LogP contribution is 2.28. The summed E-state index contributed by atoms with van der Waals surface area (Å²) in [6.07, 6.45) is 7.50. The van der Waals surface area contributed by atoms with Crippen LogP contribution in [0.25, 0.3) is 0 Å². The molecule has 0 spiro atoms. The highest BCUT2D eigenvalue weighted by molar-refractivity contribution is 4.92. The predicted molar refractivity (Wildman–Crippen MR) is 49.7 cm³/mol. The standard InChI is InChI=1S/C10H17NO/c1-3-6-11-7-4-5-10(2,8-11)9-12/h1,12H,4-9H2,2H3. The van der Waals surface area contributed by atoms with Crippen molar-refractivity contribution in [2.24, 2.45) is 5.41 Å². The molecule has 0 aromatic heterocycles. The number of terminal acetylenes is 1. The maximum absolute atomic E-state index is 9.16. The van der Waals surface area contributed by atoms with E-state index < -0.39 is 0 Å². The van der Waals surface area contributed by atoms with Crippen LogP contribution in [0, 0.1) is 17.8 Å². The quantitative estimate of drug-likeness (QED) is 0.612. The Kier molecular flexibility index (Phi) is 3.13. The van der Waals surface area contributed by atoms with Gasteiger partial charge in [-0.1, -0.05) is 12.8 Å². The Balaban J connectivity index is 2.46. The third kappa shape index (κ3) is 2.23. The first kappa shape index (κ1) is 9.57. The smallest absolute Gasteiger partial charge is 0.0599 e. The molecule has 1 aliphatic heterocycles. The van der Waals surface area contributed by atoms with Gasteiger partial charge in [-0.15, -0.1) is 6.42 Å². The SMILES string of the molecule is C#CCN1CCCC(C)(CO)C1. The lowest BCUT2D eigenvalue weighted by atomic mass is 9.83. The molecule has 0 amide bonds. The Morgan fingerprint density at radius 1 is 1.67 bits per heavy atom. The van der Waals surface area contributed by atoms with Gasteiger partial charge in [0, 0.05) is 18.6 Å². The van der Waals surface area contributed by atoms with Crippen LogP contribution in [-0.4, -0.2) is 36.2 Å². The lowest BCUT2D eigenvalue weighted by Gasteiger charge is -2.38. The van der Waals surface area contributed by atoms with Crippen LogP contribution in [0.4, 0.5) is 0 Å². The number of hydrogen-bond acceptors (Lipinski definition) is 2. The fourth-order valence-corrected chi connectivity index (χ4v) is 1.82. The third-order valence-corrected chi connectivity index (χ3v) is 2.56. The number of likely N-dealkylation sites (tertiary alicyclic amines) is 1. The van der Waals surface area contributed by atoms with E-state index in [1.54, 1.807) is 0 Å². The number of nitrogens with zero attached hydrogens (tertiary/aromatic N) is 1. The van der Waals surface area contributed by atoms with E-state index in [4.69, 9.17) is 11.5 Å². The molecule has 1 rings (SSSR count). The maximum Gasteiger partial charge on any atom is 0.0599 e. The molecule has 2 nitrogen and oxygen atoms in total. The molecule has 1 atom stereocenters. The van der Waals surface area contributed by atoms with Crippen LogP contribution in [0.2, 0.25) is 0 Å². The average Bonchev–Trinajstić information content (AvgIpc) is 2.05. The Labute approximate surface area is 74.6 Å². The molecule has 1 N–H and O–H groups in total. The van der Waals surface area contributed by atoms with Gasteiger partial charge in [0.2, 0.25) is 0 Å². The van der Waals surface area contributed by atoms with Crippen molar-refractivity contribution >= 4 is 0 Å². The van der Waals surface area contributed by atoms with Crippen LogP contribution in [0.1, 0.15) is 19.8 Å². The van der Waals surface area contributed by atoms with E-state index in [-0.39, 0.29) is 12.0 Å². The summed E-state index contributed by atoms with van der Waals surface area (Å²) in [5.41, 5.74) is 0.0785. The lowest BCUT2D eigenvalue weighted by molar-refractivity contribution is 0.0532. The van der Waals surface area contributed by atoms with Crippen LogP contribution < -0.4 is 0 Å². The fraction of sp³-hybridized carbons (Fsp3) is 0.800. The molecule has 0 bridgehead atoms. The van der Waals surface area contributed by atoms with Crippen molar-refractivity contribution < 1.29 is 5.11 Å². The first-order chi connectivity index (χ1) is 5.70. The normalized spacial score (nSPS) is 31.4. The van der Waals surface area contributed by atoms with Crippen LogP contribution in [0.15, 0.2) is 0 Å². The first-order valence-electron chi connectivity index (χ1n) is 4.47. The van der Waals surface area contributed by atoms with E-state index in [0.717, 1.165) is 32.5 Å². The van der Waals surface area contributed by atoms with E-state index >= 15 is 0 Å². The second kappa shape index (κ2) is 3.93. The van der Waals surface area contributed by atoms with Gasteiger partial charge in [-0.05, 0) is 19.4 Å². The van der Waals surface area contributed by atoms with Crippen molar-refractivity contribution in [3.05, 3.63) is 0 Å². The molecule has 0 saturated carbocycles. The minimum absolute atomic E-state index is 0.0785. The second-order valence-corrected chi connectivity index (χ2v) is 3.99. The van der Waals surface area contributed by atoms with Gasteiger partial charge in [-0.3, -0.25) is 4.90 Å². The molecule has 1 aliphatic rings. The molecule has 0 aromatic rings. The number of hydrogen-bond donors (Lipinski definition) is 1. The van der Waals surface area contributed by atoms with Crippen molar-refractivity contribution in [1.29, 1.82) is 0 Å². The molecule has 0 radical (unpaired) electrons. The van der Waals surface area contributed by atoms with Crippen molar-refractivity contribution in [3.63, 3.8) is 0 Å². The summed E-state index contributed by atoms with van der Waals surface area (Å²) in [5, 5.41) is 9.16. The fourth-order valence-electron chi connectivity index (χ4n) is 1.82. The van der Waals surface area contributed by atoms with Gasteiger partial charge < -0.3 is 5.11 Å². The molecular formula is C10H17NO. The Hall–Kier alpha value is -0.520. The molecule has 12 heavy (non-hydrogen) atoms. The minimum atomic E-state index is 0.0785. The van der Waals surface area contributed by atoms with Crippen molar-refractivity contribution in [2.75, 3.05) is 26.2 Å². The largest absolute Gasteiger partial charge is 0.396 e. The molecule has 0 aromatic carbocycles. The van der Waals surface area contributed by atoms with E-state index in [1.807, 2.05) is 0 Å². The van der Waals surface area contributed by atoms with Crippen LogP contribution in [0.3, 0.4) is 0 Å². The van der Waals surface area contributed by atoms with E-state index in [9.17, 15) is 0 Å². The zero-order valence-electron chi connectivity index (χ0n) is 7.71. The molecule has 1 saturated heterocycles. The summed E-state index contributed by atoms with van der Waals surface area (Å²) >= 11 is 0. The monoisotopic (exact) mass is 167 g/mol. The number of aliphatic hydroxyl groups excluding tert-OH is 1. The highest BCUT2D eigenvalue weighted by Gasteiger charge is 2.29. The summed E-state index contributed by atoms with van der Waals surface area (Å²) in [4.78, 5) is 2.24. The summed E-state index contributed by atoms with van der Waals surface area (Å²) in [5.74, 6) is 2.64. The summed E-state index contributed by atoms with van der Waals surface area (Å²) < 4.78 is 0. The zero-order valence-corrected chi connectivity index (χ0v) is 7.71. The second-order valence-electron chi connectivity index (χ2n) is 3.99. The molecular weight excluding hydrogens is 150 g/mol. The van der Waals surface area contributed by atoms with Crippen LogP contribution in [-0.2, 0) is 0 Å². The van der Waals surface area contributed by atoms with Gasteiger partial charge in [0.25, 0.3) is 0 Å². The average molecular weight is 167 g/mol. The Morgan fingerprint density at radius 2 is 2.42 bits per heavy atom. The summed E-state index contributed by atoms with van der Waals surface area (Å²) in [6, 6.07) is 0. The minimum Gasteiger partial charge on any atom is -0.396 e. The highest BCUT2D eigenvalue weighted by atomic mass is 16.3. The Morgan fingerprint density at radius 3 is 3.00 bits per heavy atom. The number of aliphatic hydroxyl groups is 1. The molecule has 0 aliphatic carbocycles. The van der Waals surface area contributed by atoms with Gasteiger partial charge in [-0.2, -0.15) is 0 Å². The predicted octanol–water partition coefficient (Wildman–Crippen LogP) is 0.714. The number of rotatable bonds is 2. The van der Waals surface area contributed by atoms with Gasteiger partial charge >= 0.3 is 0 Å². The van der Waals surface area contributed by atoms with Gasteiger partial charge in [0.05, 0.1) is 6.54 Å². The maximum atomic E-state index is 9.16. The van der Waals surface area contributed by atoms with Gasteiger partial charge in [0.1, 0.15) is 0 Å². The molecule has 1 fully saturated rings. The molecule has 1 unspecified atom stereocenters. The van der Waals surface area contributed by atoms with E-state index in [2.05, 4.69) is 17.7 Å². The van der Waals surface area contributed by atoms with Gasteiger partial charge in [-0.25, -0.2) is 0 Å². The molecule has 68 valence electrons. The van der Waals surface area contributed by atoms with Crippen molar-refractivity contribution in [2.45, 2.75) is 19.8 Å². The summed E-state index contributed by atoms with van der Waals surface area (Å²) in [6.45, 7) is 5.13. The lowest BCUT2D eigenvalue weighted by Crippen LogP contribution is -2.43. The number of piperidine rings is 1. The first-order valence-corrected chi connectivity index (χ1v) is 4.47. The van der Waals surface area contributed by atoms with Crippen molar-refractivity contribution in [3.8, 4) is 12.3 Å². The molecule has 2 heteroatoms. The Bertz CT molecular complexity index is 185. The van der Waals surface area contributed by atoms with Gasteiger partial charge in [0.15, 0.2) is 0 Å². The third-order valence-electron chi connectivity index (χ3n) is 2.56. The summed E-state index contributed by atoms with van der Waals surface area (Å²) in [7, 11) is 0. The van der Waals surface area contributed by atoms with Crippen LogP contribution >= 0.6 is 0 Å². The van der Waals surface area contributed by atoms with E-state index in [1.165, 1.54) is 0 Å².